The van der Waals surface area contributed by atoms with Crippen LogP contribution in [0.5, 0.6) is 0 Å². The number of benzene rings is 1. The normalized spacial score (nSPS) is 21.1. The molecule has 1 aromatic carbocycles. The molecular formula is C21H22N6O5. The van der Waals surface area contributed by atoms with Crippen LogP contribution in [-0.4, -0.2) is 87.5 Å². The molecule has 11 heteroatoms. The molecule has 2 aliphatic heterocycles. The molecule has 2 aliphatic rings. The number of morpholine rings is 1. The van der Waals surface area contributed by atoms with Crippen LogP contribution in [0.4, 0.5) is 4.79 Å². The quantitative estimate of drug-likeness (QED) is 0.552. The van der Waals surface area contributed by atoms with E-state index in [2.05, 4.69) is 15.3 Å². The molecule has 2 saturated heterocycles. The topological polar surface area (TPSA) is 112 Å². The molecule has 2 fully saturated rings. The number of hydrogen-bond acceptors (Lipinski definition) is 8. The van der Waals surface area contributed by atoms with E-state index in [-0.39, 0.29) is 37.8 Å². The minimum Gasteiger partial charge on any atom is -0.447 e. The number of cyclic esters (lactones) is 1. The third-order valence-corrected chi connectivity index (χ3v) is 5.52. The summed E-state index contributed by atoms with van der Waals surface area (Å²) >= 11 is 0. The van der Waals surface area contributed by atoms with Crippen molar-refractivity contribution in [1.29, 1.82) is 0 Å². The molecule has 0 aliphatic carbocycles. The fourth-order valence-electron chi connectivity index (χ4n) is 3.85. The fraction of sp³-hybridized carbons (Fsp3) is 0.381. The number of rotatable bonds is 6. The Hall–Kier alpha value is -3.73. The van der Waals surface area contributed by atoms with Gasteiger partial charge in [0.05, 0.1) is 19.2 Å². The second-order valence-electron chi connectivity index (χ2n) is 7.57. The van der Waals surface area contributed by atoms with Crippen LogP contribution < -0.4 is 4.84 Å². The predicted octanol–water partition coefficient (Wildman–Crippen LogP) is 0.676. The average molecular weight is 438 g/mol. The van der Waals surface area contributed by atoms with Crippen LogP contribution in [0.3, 0.4) is 0 Å². The summed E-state index contributed by atoms with van der Waals surface area (Å²) in [6, 6.07) is 12.8. The molecule has 4 heterocycles. The van der Waals surface area contributed by atoms with Gasteiger partial charge in [0.25, 0.3) is 0 Å². The number of hydrogen-bond donors (Lipinski definition) is 0. The SMILES string of the molecule is O=C(CN1C(=O)OC[C@@H]1c1ccccc1)N1CCOC(COn2nnc3cccnc32)C1. The molecule has 32 heavy (non-hydrogen) atoms. The number of nitrogens with zero attached hydrogens (tertiary/aromatic N) is 6. The maximum atomic E-state index is 13.0. The lowest BCUT2D eigenvalue weighted by atomic mass is 10.1. The van der Waals surface area contributed by atoms with Gasteiger partial charge in [-0.25, -0.2) is 9.78 Å². The molecule has 0 spiro atoms. The monoisotopic (exact) mass is 438 g/mol. The van der Waals surface area contributed by atoms with E-state index >= 15 is 0 Å². The molecule has 0 saturated carbocycles. The van der Waals surface area contributed by atoms with Crippen molar-refractivity contribution in [3.8, 4) is 0 Å². The van der Waals surface area contributed by atoms with Crippen LogP contribution in [0.2, 0.25) is 0 Å². The Labute approximate surface area is 183 Å². The van der Waals surface area contributed by atoms with E-state index in [1.807, 2.05) is 30.3 Å². The number of pyridine rings is 1. The summed E-state index contributed by atoms with van der Waals surface area (Å²) in [5, 5.41) is 7.93. The van der Waals surface area contributed by atoms with Gasteiger partial charge in [-0.15, -0.1) is 5.10 Å². The molecule has 5 rings (SSSR count). The molecule has 3 aromatic rings. The lowest BCUT2D eigenvalue weighted by molar-refractivity contribution is -0.142. The maximum Gasteiger partial charge on any atom is 0.410 e. The van der Waals surface area contributed by atoms with Crippen LogP contribution in [0, 0.1) is 0 Å². The molecule has 0 bridgehead atoms. The van der Waals surface area contributed by atoms with Gasteiger partial charge in [-0.05, 0) is 22.9 Å². The number of carbonyl (C=O) groups excluding carboxylic acids is 2. The first kappa shape index (κ1) is 20.2. The maximum absolute atomic E-state index is 13.0. The van der Waals surface area contributed by atoms with E-state index < -0.39 is 6.09 Å². The predicted molar refractivity (Wildman–Crippen MR) is 110 cm³/mol. The van der Waals surface area contributed by atoms with Gasteiger partial charge in [0.15, 0.2) is 0 Å². The van der Waals surface area contributed by atoms with Crippen molar-refractivity contribution < 1.29 is 23.9 Å². The Morgan fingerprint density at radius 1 is 1.19 bits per heavy atom. The van der Waals surface area contributed by atoms with Gasteiger partial charge >= 0.3 is 6.09 Å². The summed E-state index contributed by atoms with van der Waals surface area (Å²) in [6.45, 7) is 1.53. The number of amides is 2. The molecule has 2 atom stereocenters. The highest BCUT2D eigenvalue weighted by Crippen LogP contribution is 2.27. The van der Waals surface area contributed by atoms with Crippen molar-refractivity contribution >= 4 is 23.2 Å². The van der Waals surface area contributed by atoms with Crippen LogP contribution in [0.25, 0.3) is 11.2 Å². The third kappa shape index (κ3) is 4.06. The molecule has 2 aromatic heterocycles. The largest absolute Gasteiger partial charge is 0.447 e. The Morgan fingerprint density at radius 3 is 2.94 bits per heavy atom. The first-order valence-corrected chi connectivity index (χ1v) is 10.4. The molecule has 2 amide bonds. The smallest absolute Gasteiger partial charge is 0.410 e. The lowest BCUT2D eigenvalue weighted by Crippen LogP contribution is -2.51. The zero-order valence-electron chi connectivity index (χ0n) is 17.2. The summed E-state index contributed by atoms with van der Waals surface area (Å²) in [5.41, 5.74) is 2.07. The number of carbonyl (C=O) groups is 2. The average Bonchev–Trinajstić information content (AvgIpc) is 3.42. The van der Waals surface area contributed by atoms with Crippen LogP contribution in [0.1, 0.15) is 11.6 Å². The first-order chi connectivity index (χ1) is 15.7. The second kappa shape index (κ2) is 8.79. The van der Waals surface area contributed by atoms with Gasteiger partial charge in [-0.1, -0.05) is 35.2 Å². The van der Waals surface area contributed by atoms with Crippen LogP contribution in [-0.2, 0) is 14.3 Å². The van der Waals surface area contributed by atoms with Crippen molar-refractivity contribution in [1.82, 2.24) is 29.9 Å². The molecule has 11 nitrogen and oxygen atoms in total. The van der Waals surface area contributed by atoms with Crippen LogP contribution in [0.15, 0.2) is 48.7 Å². The summed E-state index contributed by atoms with van der Waals surface area (Å²) in [4.78, 5) is 39.5. The van der Waals surface area contributed by atoms with E-state index in [0.717, 1.165) is 5.56 Å². The highest BCUT2D eigenvalue weighted by molar-refractivity contribution is 5.83. The molecule has 0 N–H and O–H groups in total. The lowest BCUT2D eigenvalue weighted by Gasteiger charge is -2.33. The third-order valence-electron chi connectivity index (χ3n) is 5.52. The highest BCUT2D eigenvalue weighted by atomic mass is 16.7. The summed E-state index contributed by atoms with van der Waals surface area (Å²) in [7, 11) is 0. The number of fused-ring (bicyclic) bond motifs is 1. The van der Waals surface area contributed by atoms with Crippen molar-refractivity contribution in [2.24, 2.45) is 0 Å². The second-order valence-corrected chi connectivity index (χ2v) is 7.57. The Kier molecular flexibility index (Phi) is 5.55. The van der Waals surface area contributed by atoms with Gasteiger partial charge in [0.1, 0.15) is 31.4 Å². The standard InChI is InChI=1S/C21H22N6O5/c28-19(12-26-18(14-31-21(26)29)15-5-2-1-3-6-15)25-9-10-30-16(11-25)13-32-27-20-17(23-24-27)7-4-8-22-20/h1-8,16,18H,9-14H2/t16?,18-/m1/s1. The van der Waals surface area contributed by atoms with Crippen molar-refractivity contribution in [3.05, 3.63) is 54.2 Å². The zero-order chi connectivity index (χ0) is 21.9. The molecule has 0 radical (unpaired) electrons. The fourth-order valence-corrected chi connectivity index (χ4v) is 3.85. The van der Waals surface area contributed by atoms with Crippen molar-refractivity contribution in [2.75, 3.05) is 39.5 Å². The van der Waals surface area contributed by atoms with Crippen LogP contribution >= 0.6 is 0 Å². The van der Waals surface area contributed by atoms with E-state index in [0.29, 0.717) is 30.9 Å². The number of ether oxygens (including phenoxy) is 2. The van der Waals surface area contributed by atoms with Gasteiger partial charge in [-0.3, -0.25) is 9.69 Å². The first-order valence-electron chi connectivity index (χ1n) is 10.4. The van der Waals surface area contributed by atoms with E-state index in [1.165, 1.54) is 9.75 Å². The summed E-state index contributed by atoms with van der Waals surface area (Å²) < 4.78 is 11.0. The van der Waals surface area contributed by atoms with Gasteiger partial charge in [0, 0.05) is 12.7 Å². The Balaban J connectivity index is 1.19. The van der Waals surface area contributed by atoms with Gasteiger partial charge < -0.3 is 19.2 Å². The van der Waals surface area contributed by atoms with Gasteiger partial charge in [0.2, 0.25) is 11.6 Å². The molecule has 1 unspecified atom stereocenters. The minimum absolute atomic E-state index is 0.0520. The van der Waals surface area contributed by atoms with E-state index in [9.17, 15) is 9.59 Å². The Bertz CT molecular complexity index is 1110. The van der Waals surface area contributed by atoms with E-state index in [4.69, 9.17) is 14.3 Å². The van der Waals surface area contributed by atoms with Crippen molar-refractivity contribution in [3.63, 3.8) is 0 Å². The summed E-state index contributed by atoms with van der Waals surface area (Å²) in [6.07, 6.45) is 0.812. The highest BCUT2D eigenvalue weighted by Gasteiger charge is 2.37. The summed E-state index contributed by atoms with van der Waals surface area (Å²) in [5.74, 6) is -0.161. The Morgan fingerprint density at radius 2 is 2.06 bits per heavy atom. The van der Waals surface area contributed by atoms with Crippen molar-refractivity contribution in [2.45, 2.75) is 12.1 Å². The molecular weight excluding hydrogens is 416 g/mol. The zero-order valence-corrected chi connectivity index (χ0v) is 17.2. The minimum atomic E-state index is -0.481. The number of aromatic nitrogens is 4. The molecule has 166 valence electrons. The van der Waals surface area contributed by atoms with Gasteiger partial charge in [-0.2, -0.15) is 0 Å². The van der Waals surface area contributed by atoms with E-state index in [1.54, 1.807) is 23.2 Å².